The van der Waals surface area contributed by atoms with Crippen LogP contribution in [0.3, 0.4) is 0 Å². The zero-order chi connectivity index (χ0) is 13.0. The fourth-order valence-corrected chi connectivity index (χ4v) is 2.31. The molecule has 4 nitrogen and oxygen atoms in total. The third-order valence-corrected chi connectivity index (χ3v) is 3.46. The molecule has 0 aliphatic heterocycles. The number of hydrogen-bond acceptors (Lipinski definition) is 3. The number of nitro groups is 1. The van der Waals surface area contributed by atoms with Crippen LogP contribution in [0.1, 0.15) is 24.8 Å². The van der Waals surface area contributed by atoms with Crippen LogP contribution >= 0.6 is 0 Å². The van der Waals surface area contributed by atoms with Crippen molar-refractivity contribution >= 4 is 11.4 Å². The van der Waals surface area contributed by atoms with Crippen LogP contribution in [-0.4, -0.2) is 11.5 Å². The van der Waals surface area contributed by atoms with Gasteiger partial charge in [-0.25, -0.2) is 0 Å². The minimum Gasteiger partial charge on any atom is -0.384 e. The molecule has 1 aromatic carbocycles. The quantitative estimate of drug-likeness (QED) is 0.501. The Morgan fingerprint density at radius 1 is 1.44 bits per heavy atom. The van der Waals surface area contributed by atoms with Gasteiger partial charge in [0, 0.05) is 23.9 Å². The number of allylic oxidation sites excluding steroid dienone is 2. The molecule has 1 aliphatic rings. The van der Waals surface area contributed by atoms with Crippen LogP contribution in [0.2, 0.25) is 0 Å². The average Bonchev–Trinajstić information content (AvgIpc) is 2.38. The molecule has 0 saturated heterocycles. The van der Waals surface area contributed by atoms with Crippen LogP contribution in [0.15, 0.2) is 30.4 Å². The van der Waals surface area contributed by atoms with Crippen molar-refractivity contribution in [2.45, 2.75) is 26.2 Å². The largest absolute Gasteiger partial charge is 0.384 e. The molecule has 1 N–H and O–H groups in total. The zero-order valence-electron chi connectivity index (χ0n) is 10.6. The predicted molar refractivity (Wildman–Crippen MR) is 72.8 cm³/mol. The SMILES string of the molecule is Cc1c(NCC2CC=CCC2)cccc1[N+](=O)[O-]. The summed E-state index contributed by atoms with van der Waals surface area (Å²) in [5.74, 6) is 0.633. The number of anilines is 1. The fraction of sp³-hybridized carbons (Fsp3) is 0.429. The van der Waals surface area contributed by atoms with Gasteiger partial charge in [0.25, 0.3) is 5.69 Å². The second kappa shape index (κ2) is 5.67. The lowest BCUT2D eigenvalue weighted by Crippen LogP contribution is -2.16. The minimum atomic E-state index is -0.330. The van der Waals surface area contributed by atoms with Gasteiger partial charge in [0.2, 0.25) is 0 Å². The van der Waals surface area contributed by atoms with Gasteiger partial charge in [0.05, 0.1) is 4.92 Å². The van der Waals surface area contributed by atoms with Crippen molar-refractivity contribution in [2.75, 3.05) is 11.9 Å². The highest BCUT2D eigenvalue weighted by molar-refractivity contribution is 5.59. The van der Waals surface area contributed by atoms with Gasteiger partial charge in [-0.3, -0.25) is 10.1 Å². The molecule has 0 fully saturated rings. The van der Waals surface area contributed by atoms with E-state index in [4.69, 9.17) is 0 Å². The van der Waals surface area contributed by atoms with E-state index >= 15 is 0 Å². The molecule has 0 heterocycles. The van der Waals surface area contributed by atoms with Crippen LogP contribution in [-0.2, 0) is 0 Å². The van der Waals surface area contributed by atoms with Crippen molar-refractivity contribution in [3.63, 3.8) is 0 Å². The topological polar surface area (TPSA) is 55.2 Å². The number of hydrogen-bond donors (Lipinski definition) is 1. The Bertz CT molecular complexity index is 469. The van der Waals surface area contributed by atoms with E-state index in [0.717, 1.165) is 25.1 Å². The van der Waals surface area contributed by atoms with E-state index in [9.17, 15) is 10.1 Å². The van der Waals surface area contributed by atoms with E-state index in [1.165, 1.54) is 6.42 Å². The molecular formula is C14H18N2O2. The Hall–Kier alpha value is -1.84. The maximum Gasteiger partial charge on any atom is 0.274 e. The van der Waals surface area contributed by atoms with Crippen molar-refractivity contribution in [1.29, 1.82) is 0 Å². The molecule has 4 heteroatoms. The van der Waals surface area contributed by atoms with E-state index in [1.54, 1.807) is 19.1 Å². The monoisotopic (exact) mass is 246 g/mol. The first-order valence-corrected chi connectivity index (χ1v) is 6.31. The van der Waals surface area contributed by atoms with Gasteiger partial charge in [0.1, 0.15) is 0 Å². The van der Waals surface area contributed by atoms with Gasteiger partial charge in [-0.15, -0.1) is 0 Å². The van der Waals surface area contributed by atoms with Gasteiger partial charge >= 0.3 is 0 Å². The third-order valence-electron chi connectivity index (χ3n) is 3.46. The summed E-state index contributed by atoms with van der Waals surface area (Å²) in [6.45, 7) is 2.67. The van der Waals surface area contributed by atoms with Crippen LogP contribution in [0.25, 0.3) is 0 Å². The molecule has 1 atom stereocenters. The summed E-state index contributed by atoms with van der Waals surface area (Å²) in [4.78, 5) is 10.5. The molecule has 96 valence electrons. The molecule has 18 heavy (non-hydrogen) atoms. The highest BCUT2D eigenvalue weighted by atomic mass is 16.6. The molecule has 0 saturated carbocycles. The summed E-state index contributed by atoms with van der Waals surface area (Å²) >= 11 is 0. The van der Waals surface area contributed by atoms with Crippen molar-refractivity contribution in [3.05, 3.63) is 46.0 Å². The van der Waals surface area contributed by atoms with Crippen molar-refractivity contribution in [2.24, 2.45) is 5.92 Å². The lowest BCUT2D eigenvalue weighted by molar-refractivity contribution is -0.385. The fourth-order valence-electron chi connectivity index (χ4n) is 2.31. The molecule has 1 unspecified atom stereocenters. The average molecular weight is 246 g/mol. The van der Waals surface area contributed by atoms with Crippen LogP contribution in [0.5, 0.6) is 0 Å². The third kappa shape index (κ3) is 2.88. The number of rotatable bonds is 4. The van der Waals surface area contributed by atoms with E-state index in [0.29, 0.717) is 11.5 Å². The summed E-state index contributed by atoms with van der Waals surface area (Å²) in [7, 11) is 0. The zero-order valence-corrected chi connectivity index (χ0v) is 10.6. The van der Waals surface area contributed by atoms with Gasteiger partial charge in [0.15, 0.2) is 0 Å². The highest BCUT2D eigenvalue weighted by Crippen LogP contribution is 2.26. The Morgan fingerprint density at radius 2 is 2.28 bits per heavy atom. The smallest absolute Gasteiger partial charge is 0.274 e. The van der Waals surface area contributed by atoms with Gasteiger partial charge in [-0.2, -0.15) is 0 Å². The number of nitrogens with zero attached hydrogens (tertiary/aromatic N) is 1. The number of nitrogens with one attached hydrogen (secondary N) is 1. The summed E-state index contributed by atoms with van der Waals surface area (Å²) in [6.07, 6.45) is 7.87. The lowest BCUT2D eigenvalue weighted by atomic mass is 9.94. The standard InChI is InChI=1S/C14H18N2O2/c1-11-13(8-5-9-14(11)16(17)18)15-10-12-6-3-2-4-7-12/h2-3,5,8-9,12,15H,4,6-7,10H2,1H3. The maximum absolute atomic E-state index is 10.8. The molecular weight excluding hydrogens is 228 g/mol. The molecule has 1 aromatic rings. The Kier molecular flexibility index (Phi) is 3.97. The Morgan fingerprint density at radius 3 is 2.94 bits per heavy atom. The first-order valence-electron chi connectivity index (χ1n) is 6.31. The molecule has 0 bridgehead atoms. The van der Waals surface area contributed by atoms with Gasteiger partial charge < -0.3 is 5.32 Å². The molecule has 0 radical (unpaired) electrons. The summed E-state index contributed by atoms with van der Waals surface area (Å²) in [5, 5.41) is 14.2. The molecule has 2 rings (SSSR count). The maximum atomic E-state index is 10.8. The van der Waals surface area contributed by atoms with E-state index in [2.05, 4.69) is 17.5 Å². The first-order chi connectivity index (χ1) is 8.68. The van der Waals surface area contributed by atoms with Crippen LogP contribution in [0.4, 0.5) is 11.4 Å². The van der Waals surface area contributed by atoms with Crippen LogP contribution < -0.4 is 5.32 Å². The second-order valence-corrected chi connectivity index (χ2v) is 4.74. The second-order valence-electron chi connectivity index (χ2n) is 4.74. The Labute approximate surface area is 107 Å². The minimum absolute atomic E-state index is 0.184. The molecule has 0 aromatic heterocycles. The highest BCUT2D eigenvalue weighted by Gasteiger charge is 2.14. The first kappa shape index (κ1) is 12.6. The van der Waals surface area contributed by atoms with Gasteiger partial charge in [-0.1, -0.05) is 18.2 Å². The van der Waals surface area contributed by atoms with E-state index in [1.807, 2.05) is 6.07 Å². The summed E-state index contributed by atoms with van der Waals surface area (Å²) < 4.78 is 0. The molecule has 0 amide bonds. The number of benzene rings is 1. The Balaban J connectivity index is 2.03. The van der Waals surface area contributed by atoms with E-state index < -0.39 is 0 Å². The number of nitro benzene ring substituents is 1. The lowest BCUT2D eigenvalue weighted by Gasteiger charge is -2.19. The molecule has 1 aliphatic carbocycles. The van der Waals surface area contributed by atoms with Gasteiger partial charge in [-0.05, 0) is 38.2 Å². The molecule has 0 spiro atoms. The van der Waals surface area contributed by atoms with E-state index in [-0.39, 0.29) is 10.6 Å². The normalized spacial score (nSPS) is 18.6. The van der Waals surface area contributed by atoms with Crippen molar-refractivity contribution in [1.82, 2.24) is 0 Å². The van der Waals surface area contributed by atoms with Crippen molar-refractivity contribution in [3.8, 4) is 0 Å². The van der Waals surface area contributed by atoms with Crippen LogP contribution in [0, 0.1) is 23.0 Å². The summed E-state index contributed by atoms with van der Waals surface area (Å²) in [6, 6.07) is 5.18. The summed E-state index contributed by atoms with van der Waals surface area (Å²) in [5.41, 5.74) is 1.77. The predicted octanol–water partition coefficient (Wildman–Crippen LogP) is 3.67. The van der Waals surface area contributed by atoms with Crippen molar-refractivity contribution < 1.29 is 4.92 Å².